The van der Waals surface area contributed by atoms with Gasteiger partial charge in [-0.25, -0.2) is 4.79 Å². The fraction of sp³-hybridized carbons (Fsp3) is 0.464. The summed E-state index contributed by atoms with van der Waals surface area (Å²) >= 11 is 2.01. The van der Waals surface area contributed by atoms with E-state index in [9.17, 15) is 4.79 Å². The third-order valence-electron chi connectivity index (χ3n) is 6.43. The quantitative estimate of drug-likeness (QED) is 0.450. The van der Waals surface area contributed by atoms with E-state index in [0.29, 0.717) is 11.5 Å². The minimum atomic E-state index is -0.889. The molecule has 0 bridgehead atoms. The second-order valence-corrected chi connectivity index (χ2v) is 11.6. The topological polar surface area (TPSA) is 37.3 Å². The van der Waals surface area contributed by atoms with Crippen LogP contribution in [0.5, 0.6) is 0 Å². The van der Waals surface area contributed by atoms with Crippen molar-refractivity contribution in [3.8, 4) is 0 Å². The van der Waals surface area contributed by atoms with Crippen molar-refractivity contribution in [2.24, 2.45) is 5.92 Å². The molecule has 0 fully saturated rings. The van der Waals surface area contributed by atoms with E-state index < -0.39 is 5.97 Å². The van der Waals surface area contributed by atoms with E-state index >= 15 is 0 Å². The SMILES string of the molecule is CC(C)CSCc1cc2c(cc1C=Cc1ccc(C(=O)O)cc1)C(C)(C)CCC2(C)C. The summed E-state index contributed by atoms with van der Waals surface area (Å²) in [5, 5.41) is 9.12. The van der Waals surface area contributed by atoms with Crippen molar-refractivity contribution in [1.82, 2.24) is 0 Å². The van der Waals surface area contributed by atoms with Gasteiger partial charge in [-0.05, 0) is 75.3 Å². The lowest BCUT2D eigenvalue weighted by atomic mass is 9.62. The lowest BCUT2D eigenvalue weighted by Gasteiger charge is -2.42. The Bertz CT molecular complexity index is 965. The molecule has 1 aliphatic carbocycles. The van der Waals surface area contributed by atoms with Gasteiger partial charge in [-0.15, -0.1) is 0 Å². The Balaban J connectivity index is 2.00. The van der Waals surface area contributed by atoms with Crippen LogP contribution in [0.3, 0.4) is 0 Å². The fourth-order valence-corrected chi connectivity index (χ4v) is 5.34. The molecule has 1 N–H and O–H groups in total. The number of aromatic carboxylic acids is 1. The molecule has 0 heterocycles. The number of benzene rings is 2. The van der Waals surface area contributed by atoms with Gasteiger partial charge in [0.25, 0.3) is 0 Å². The zero-order chi connectivity index (χ0) is 22.8. The van der Waals surface area contributed by atoms with Crippen LogP contribution in [0.2, 0.25) is 0 Å². The first-order valence-electron chi connectivity index (χ1n) is 11.3. The summed E-state index contributed by atoms with van der Waals surface area (Å²) in [6.07, 6.45) is 6.73. The van der Waals surface area contributed by atoms with Crippen LogP contribution >= 0.6 is 11.8 Å². The smallest absolute Gasteiger partial charge is 0.335 e. The molecular weight excluding hydrogens is 400 g/mol. The summed E-state index contributed by atoms with van der Waals surface area (Å²) < 4.78 is 0. The summed E-state index contributed by atoms with van der Waals surface area (Å²) in [6, 6.07) is 12.0. The van der Waals surface area contributed by atoms with Crippen molar-refractivity contribution >= 4 is 29.9 Å². The van der Waals surface area contributed by atoms with Gasteiger partial charge in [0.2, 0.25) is 0 Å². The van der Waals surface area contributed by atoms with Crippen molar-refractivity contribution < 1.29 is 9.90 Å². The van der Waals surface area contributed by atoms with Crippen LogP contribution < -0.4 is 0 Å². The molecule has 0 spiro atoms. The van der Waals surface area contributed by atoms with Crippen molar-refractivity contribution in [2.75, 3.05) is 5.75 Å². The normalized spacial score (nSPS) is 17.1. The molecule has 0 saturated heterocycles. The third kappa shape index (κ3) is 5.63. The van der Waals surface area contributed by atoms with Crippen LogP contribution in [0.15, 0.2) is 36.4 Å². The molecule has 0 saturated carbocycles. The standard InChI is InChI=1S/C28H36O2S/c1-19(2)17-31-18-23-16-25-24(27(3,4)13-14-28(25,5)6)15-22(23)12-9-20-7-10-21(11-8-20)26(29)30/h7-12,15-16,19H,13-14,17-18H2,1-6H3,(H,29,30). The van der Waals surface area contributed by atoms with Crippen LogP contribution in [-0.2, 0) is 16.6 Å². The molecule has 2 aromatic carbocycles. The van der Waals surface area contributed by atoms with Crippen molar-refractivity contribution in [1.29, 1.82) is 0 Å². The molecule has 166 valence electrons. The Morgan fingerprint density at radius 3 is 2.13 bits per heavy atom. The summed E-state index contributed by atoms with van der Waals surface area (Å²) in [5.41, 5.74) is 7.38. The van der Waals surface area contributed by atoms with E-state index in [1.54, 1.807) is 12.1 Å². The van der Waals surface area contributed by atoms with Gasteiger partial charge in [0.15, 0.2) is 0 Å². The van der Waals surface area contributed by atoms with Crippen LogP contribution in [0, 0.1) is 5.92 Å². The molecule has 0 aromatic heterocycles. The molecule has 0 radical (unpaired) electrons. The first kappa shape index (κ1) is 23.7. The molecule has 0 aliphatic heterocycles. The number of carboxylic acid groups (broad SMARTS) is 1. The van der Waals surface area contributed by atoms with Crippen LogP contribution in [-0.4, -0.2) is 16.8 Å². The van der Waals surface area contributed by atoms with Gasteiger partial charge < -0.3 is 5.11 Å². The van der Waals surface area contributed by atoms with Crippen LogP contribution in [0.4, 0.5) is 0 Å². The number of rotatable bonds is 7. The molecule has 0 atom stereocenters. The monoisotopic (exact) mass is 436 g/mol. The average molecular weight is 437 g/mol. The van der Waals surface area contributed by atoms with E-state index in [1.165, 1.54) is 35.1 Å². The average Bonchev–Trinajstić information content (AvgIpc) is 2.70. The van der Waals surface area contributed by atoms with E-state index in [2.05, 4.69) is 65.8 Å². The zero-order valence-corrected chi connectivity index (χ0v) is 20.6. The largest absolute Gasteiger partial charge is 0.478 e. The summed E-state index contributed by atoms with van der Waals surface area (Å²) in [6.45, 7) is 14.0. The van der Waals surface area contributed by atoms with Crippen molar-refractivity contribution in [2.45, 2.75) is 71.0 Å². The maximum absolute atomic E-state index is 11.1. The number of thioether (sulfide) groups is 1. The van der Waals surface area contributed by atoms with Gasteiger partial charge in [-0.1, -0.05) is 78.0 Å². The predicted molar refractivity (Wildman–Crippen MR) is 135 cm³/mol. The molecular formula is C28H36O2S. The van der Waals surface area contributed by atoms with E-state index in [-0.39, 0.29) is 10.8 Å². The molecule has 0 amide bonds. The Labute approximate surface area is 192 Å². The van der Waals surface area contributed by atoms with Crippen molar-refractivity contribution in [3.05, 3.63) is 69.8 Å². The number of fused-ring (bicyclic) bond motifs is 1. The molecule has 31 heavy (non-hydrogen) atoms. The van der Waals surface area contributed by atoms with Gasteiger partial charge in [-0.3, -0.25) is 0 Å². The Morgan fingerprint density at radius 1 is 1.00 bits per heavy atom. The fourth-order valence-electron chi connectivity index (χ4n) is 4.28. The minimum Gasteiger partial charge on any atom is -0.478 e. The maximum Gasteiger partial charge on any atom is 0.335 e. The molecule has 2 nitrogen and oxygen atoms in total. The summed E-state index contributed by atoms with van der Waals surface area (Å²) in [5.74, 6) is 1.97. The second kappa shape index (κ2) is 9.24. The van der Waals surface area contributed by atoms with Gasteiger partial charge >= 0.3 is 5.97 Å². The highest BCUT2D eigenvalue weighted by Crippen LogP contribution is 2.47. The lowest BCUT2D eigenvalue weighted by Crippen LogP contribution is -2.34. The molecule has 3 heteroatoms. The minimum absolute atomic E-state index is 0.181. The Kier molecular flexibility index (Phi) is 7.05. The molecule has 3 rings (SSSR count). The number of hydrogen-bond donors (Lipinski definition) is 1. The zero-order valence-electron chi connectivity index (χ0n) is 19.8. The Morgan fingerprint density at radius 2 is 1.58 bits per heavy atom. The summed E-state index contributed by atoms with van der Waals surface area (Å²) in [4.78, 5) is 11.1. The van der Waals surface area contributed by atoms with Gasteiger partial charge in [0.05, 0.1) is 5.56 Å². The molecule has 2 aromatic rings. The lowest BCUT2D eigenvalue weighted by molar-refractivity contribution is 0.0697. The first-order chi connectivity index (χ1) is 14.5. The number of carbonyl (C=O) groups is 1. The van der Waals surface area contributed by atoms with Gasteiger partial charge in [0, 0.05) is 5.75 Å². The first-order valence-corrected chi connectivity index (χ1v) is 12.4. The third-order valence-corrected chi connectivity index (χ3v) is 7.85. The molecule has 1 aliphatic rings. The van der Waals surface area contributed by atoms with Crippen LogP contribution in [0.25, 0.3) is 12.2 Å². The van der Waals surface area contributed by atoms with E-state index in [0.717, 1.165) is 17.1 Å². The predicted octanol–water partition coefficient (Wildman–Crippen LogP) is 7.79. The summed E-state index contributed by atoms with van der Waals surface area (Å²) in [7, 11) is 0. The number of hydrogen-bond acceptors (Lipinski definition) is 2. The van der Waals surface area contributed by atoms with E-state index in [1.807, 2.05) is 23.9 Å². The van der Waals surface area contributed by atoms with E-state index in [4.69, 9.17) is 5.11 Å². The highest BCUT2D eigenvalue weighted by Gasteiger charge is 2.37. The van der Waals surface area contributed by atoms with Crippen molar-refractivity contribution in [3.63, 3.8) is 0 Å². The highest BCUT2D eigenvalue weighted by atomic mass is 32.2. The Hall–Kier alpha value is -2.00. The van der Waals surface area contributed by atoms with Gasteiger partial charge in [-0.2, -0.15) is 11.8 Å². The van der Waals surface area contributed by atoms with Gasteiger partial charge in [0.1, 0.15) is 0 Å². The van der Waals surface area contributed by atoms with Crippen LogP contribution in [0.1, 0.15) is 92.6 Å². The number of carboxylic acids is 1. The second-order valence-electron chi connectivity index (χ2n) is 10.5. The highest BCUT2D eigenvalue weighted by molar-refractivity contribution is 7.98. The molecule has 0 unspecified atom stereocenters. The maximum atomic E-state index is 11.1.